The highest BCUT2D eigenvalue weighted by Crippen LogP contribution is 2.40. The lowest BCUT2D eigenvalue weighted by molar-refractivity contribution is -0.130. The molecular formula is C18H27NO3. The average Bonchev–Trinajstić information content (AvgIpc) is 3.02. The minimum atomic E-state index is -1.09. The van der Waals surface area contributed by atoms with Crippen molar-refractivity contribution >= 4 is 5.91 Å². The van der Waals surface area contributed by atoms with E-state index in [9.17, 15) is 9.90 Å². The smallest absolute Gasteiger partial charge is 0.253 e. The van der Waals surface area contributed by atoms with Gasteiger partial charge < -0.3 is 15.2 Å². The van der Waals surface area contributed by atoms with Gasteiger partial charge in [0.05, 0.1) is 0 Å². The first-order valence-electron chi connectivity index (χ1n) is 8.25. The maximum absolute atomic E-state index is 12.2. The maximum atomic E-state index is 12.2. The Labute approximate surface area is 132 Å². The minimum absolute atomic E-state index is 0.140. The molecule has 4 heteroatoms. The topological polar surface area (TPSA) is 58.6 Å². The van der Waals surface area contributed by atoms with Crippen LogP contribution in [0.1, 0.15) is 50.7 Å². The third-order valence-electron chi connectivity index (χ3n) is 4.65. The highest BCUT2D eigenvalue weighted by Gasteiger charge is 2.34. The van der Waals surface area contributed by atoms with Crippen molar-refractivity contribution in [1.82, 2.24) is 5.32 Å². The molecule has 1 aromatic rings. The van der Waals surface area contributed by atoms with Gasteiger partial charge in [-0.25, -0.2) is 0 Å². The first kappa shape index (κ1) is 17.0. The predicted molar refractivity (Wildman–Crippen MR) is 86.4 cm³/mol. The van der Waals surface area contributed by atoms with Crippen LogP contribution in [0, 0.1) is 5.41 Å². The molecule has 2 rings (SSSR count). The first-order chi connectivity index (χ1) is 10.7. The van der Waals surface area contributed by atoms with Crippen molar-refractivity contribution in [3.63, 3.8) is 0 Å². The Morgan fingerprint density at radius 3 is 2.64 bits per heavy atom. The molecule has 0 heterocycles. The van der Waals surface area contributed by atoms with Crippen molar-refractivity contribution in [3.05, 3.63) is 35.9 Å². The summed E-state index contributed by atoms with van der Waals surface area (Å²) in [5.41, 5.74) is 0.774. The second-order valence-corrected chi connectivity index (χ2v) is 6.19. The number of rotatable bonds is 8. The van der Waals surface area contributed by atoms with E-state index in [1.807, 2.05) is 25.1 Å². The molecule has 1 amide bonds. The molecule has 1 fully saturated rings. The molecule has 0 bridgehead atoms. The number of benzene rings is 1. The third-order valence-corrected chi connectivity index (χ3v) is 4.65. The predicted octanol–water partition coefficient (Wildman–Crippen LogP) is 2.82. The van der Waals surface area contributed by atoms with Gasteiger partial charge in [-0.2, -0.15) is 0 Å². The molecule has 0 aliphatic heterocycles. The van der Waals surface area contributed by atoms with E-state index in [1.165, 1.54) is 12.8 Å². The van der Waals surface area contributed by atoms with Crippen molar-refractivity contribution in [2.45, 2.75) is 45.1 Å². The van der Waals surface area contributed by atoms with E-state index in [0.29, 0.717) is 12.1 Å². The van der Waals surface area contributed by atoms with Gasteiger partial charge in [0.15, 0.2) is 6.10 Å². The van der Waals surface area contributed by atoms with Gasteiger partial charge in [0.25, 0.3) is 5.91 Å². The Hall–Kier alpha value is -1.39. The summed E-state index contributed by atoms with van der Waals surface area (Å²) in [6, 6.07) is 9.06. The molecule has 4 nitrogen and oxygen atoms in total. The van der Waals surface area contributed by atoms with Gasteiger partial charge in [0.1, 0.15) is 0 Å². The normalized spacial score (nSPS) is 18.1. The maximum Gasteiger partial charge on any atom is 0.253 e. The summed E-state index contributed by atoms with van der Waals surface area (Å²) in [5.74, 6) is -0.311. The van der Waals surface area contributed by atoms with Crippen molar-refractivity contribution < 1.29 is 14.6 Å². The molecule has 1 aromatic carbocycles. The summed E-state index contributed by atoms with van der Waals surface area (Å²) >= 11 is 0. The van der Waals surface area contributed by atoms with E-state index in [-0.39, 0.29) is 11.3 Å². The Morgan fingerprint density at radius 1 is 1.32 bits per heavy atom. The highest BCUT2D eigenvalue weighted by atomic mass is 16.5. The van der Waals surface area contributed by atoms with Crippen LogP contribution in [0.5, 0.6) is 0 Å². The summed E-state index contributed by atoms with van der Waals surface area (Å²) in [5, 5.41) is 13.1. The van der Waals surface area contributed by atoms with Gasteiger partial charge in [-0.1, -0.05) is 43.2 Å². The summed E-state index contributed by atoms with van der Waals surface area (Å²) < 4.78 is 5.48. The quantitative estimate of drug-likeness (QED) is 0.726. The lowest BCUT2D eigenvalue weighted by Gasteiger charge is -2.29. The number of nitrogens with one attached hydrogen (secondary N) is 1. The van der Waals surface area contributed by atoms with E-state index in [2.05, 4.69) is 5.32 Å². The number of aliphatic hydroxyl groups excluding tert-OH is 1. The molecule has 1 aliphatic carbocycles. The second kappa shape index (κ2) is 8.30. The SMILES string of the molecule is CCOCCC1(CNC(=O)C(O)c2ccccc2)CCCC1. The van der Waals surface area contributed by atoms with Crippen molar-refractivity contribution in [2.75, 3.05) is 19.8 Å². The van der Waals surface area contributed by atoms with Crippen molar-refractivity contribution in [2.24, 2.45) is 5.41 Å². The van der Waals surface area contributed by atoms with Gasteiger partial charge in [-0.05, 0) is 37.2 Å². The number of aliphatic hydroxyl groups is 1. The van der Waals surface area contributed by atoms with Gasteiger partial charge in [0.2, 0.25) is 0 Å². The van der Waals surface area contributed by atoms with Crippen LogP contribution >= 0.6 is 0 Å². The fourth-order valence-electron chi connectivity index (χ4n) is 3.23. The molecule has 1 unspecified atom stereocenters. The zero-order chi connectivity index (χ0) is 15.8. The zero-order valence-corrected chi connectivity index (χ0v) is 13.4. The molecule has 0 aromatic heterocycles. The van der Waals surface area contributed by atoms with Crippen molar-refractivity contribution in [3.8, 4) is 0 Å². The van der Waals surface area contributed by atoms with Crippen LogP contribution in [0.15, 0.2) is 30.3 Å². The van der Waals surface area contributed by atoms with Gasteiger partial charge >= 0.3 is 0 Å². The Morgan fingerprint density at radius 2 is 2.00 bits per heavy atom. The second-order valence-electron chi connectivity index (χ2n) is 6.19. The van der Waals surface area contributed by atoms with Crippen LogP contribution in [0.3, 0.4) is 0 Å². The summed E-state index contributed by atoms with van der Waals surface area (Å²) in [7, 11) is 0. The van der Waals surface area contributed by atoms with Crippen LogP contribution in [-0.2, 0) is 9.53 Å². The fraction of sp³-hybridized carbons (Fsp3) is 0.611. The minimum Gasteiger partial charge on any atom is -0.382 e. The van der Waals surface area contributed by atoms with E-state index >= 15 is 0 Å². The lowest BCUT2D eigenvalue weighted by Crippen LogP contribution is -2.39. The Bertz CT molecular complexity index is 455. The van der Waals surface area contributed by atoms with E-state index in [4.69, 9.17) is 4.74 Å². The van der Waals surface area contributed by atoms with Gasteiger partial charge in [-0.15, -0.1) is 0 Å². The molecule has 122 valence electrons. The molecule has 1 atom stereocenters. The molecule has 0 saturated heterocycles. The number of hydrogen-bond acceptors (Lipinski definition) is 3. The van der Waals surface area contributed by atoms with Crippen LogP contribution < -0.4 is 5.32 Å². The number of carbonyl (C=O) groups excluding carboxylic acids is 1. The lowest BCUT2D eigenvalue weighted by atomic mass is 9.83. The van der Waals surface area contributed by atoms with E-state index in [1.54, 1.807) is 12.1 Å². The third kappa shape index (κ3) is 4.55. The van der Waals surface area contributed by atoms with E-state index in [0.717, 1.165) is 32.5 Å². The number of hydrogen-bond donors (Lipinski definition) is 2. The molecular weight excluding hydrogens is 278 g/mol. The number of carbonyl (C=O) groups is 1. The first-order valence-corrected chi connectivity index (χ1v) is 8.25. The van der Waals surface area contributed by atoms with Crippen molar-refractivity contribution in [1.29, 1.82) is 0 Å². The Kier molecular flexibility index (Phi) is 6.40. The van der Waals surface area contributed by atoms with E-state index < -0.39 is 6.10 Å². The molecule has 2 N–H and O–H groups in total. The average molecular weight is 305 g/mol. The molecule has 1 saturated carbocycles. The largest absolute Gasteiger partial charge is 0.382 e. The van der Waals surface area contributed by atoms with Crippen LogP contribution in [-0.4, -0.2) is 30.8 Å². The Balaban J connectivity index is 1.87. The monoisotopic (exact) mass is 305 g/mol. The molecule has 22 heavy (non-hydrogen) atoms. The zero-order valence-electron chi connectivity index (χ0n) is 13.4. The number of amides is 1. The number of ether oxygens (including phenoxy) is 1. The molecule has 1 aliphatic rings. The summed E-state index contributed by atoms with van der Waals surface area (Å²) in [6.45, 7) is 4.10. The fourth-order valence-corrected chi connectivity index (χ4v) is 3.23. The van der Waals surface area contributed by atoms with Crippen LogP contribution in [0.25, 0.3) is 0 Å². The van der Waals surface area contributed by atoms with Crippen LogP contribution in [0.2, 0.25) is 0 Å². The summed E-state index contributed by atoms with van der Waals surface area (Å²) in [4.78, 5) is 12.2. The standard InChI is InChI=1S/C18H27NO3/c1-2-22-13-12-18(10-6-7-11-18)14-19-17(21)16(20)15-8-4-3-5-9-15/h3-5,8-9,16,20H,2,6-7,10-14H2,1H3,(H,19,21). The van der Waals surface area contributed by atoms with Crippen LogP contribution in [0.4, 0.5) is 0 Å². The van der Waals surface area contributed by atoms with Gasteiger partial charge in [0, 0.05) is 19.8 Å². The highest BCUT2D eigenvalue weighted by molar-refractivity contribution is 5.81. The summed E-state index contributed by atoms with van der Waals surface area (Å²) in [6.07, 6.45) is 4.56. The molecule has 0 radical (unpaired) electrons. The molecule has 0 spiro atoms. The van der Waals surface area contributed by atoms with Gasteiger partial charge in [-0.3, -0.25) is 4.79 Å².